The lowest BCUT2D eigenvalue weighted by Gasteiger charge is -2.14. The molecule has 0 spiro atoms. The average Bonchev–Trinajstić information content (AvgIpc) is 2.38. The molecule has 3 nitrogen and oxygen atoms in total. The first-order valence-corrected chi connectivity index (χ1v) is 6.61. The van der Waals surface area contributed by atoms with Gasteiger partial charge in [-0.2, -0.15) is 0 Å². The molecule has 0 aliphatic carbocycles. The summed E-state index contributed by atoms with van der Waals surface area (Å²) >= 11 is 0. The maximum atomic E-state index is 12.0. The molecule has 114 valence electrons. The second-order valence-corrected chi connectivity index (χ2v) is 4.61. The molecule has 0 aliphatic rings. The second kappa shape index (κ2) is 8.11. The summed E-state index contributed by atoms with van der Waals surface area (Å²) in [6.45, 7) is 3.58. The van der Waals surface area contributed by atoms with Crippen LogP contribution in [-0.4, -0.2) is 24.6 Å². The van der Waals surface area contributed by atoms with Crippen molar-refractivity contribution in [3.63, 3.8) is 0 Å². The van der Waals surface area contributed by atoms with Crippen LogP contribution in [0.25, 0.3) is 0 Å². The molecular weight excluding hydrogens is 271 g/mol. The lowest BCUT2D eigenvalue weighted by molar-refractivity contribution is -0.274. The fourth-order valence-corrected chi connectivity index (χ4v) is 1.86. The van der Waals surface area contributed by atoms with E-state index in [4.69, 9.17) is 5.11 Å². The minimum Gasteiger partial charge on any atom is -0.406 e. The Morgan fingerprint density at radius 1 is 1.25 bits per heavy atom. The highest BCUT2D eigenvalue weighted by atomic mass is 19.4. The van der Waals surface area contributed by atoms with Crippen LogP contribution in [0.2, 0.25) is 0 Å². The minimum absolute atomic E-state index is 0.170. The van der Waals surface area contributed by atoms with Crippen LogP contribution in [0.5, 0.6) is 5.75 Å². The first kappa shape index (κ1) is 16.8. The van der Waals surface area contributed by atoms with E-state index in [1.807, 2.05) is 0 Å². The van der Waals surface area contributed by atoms with E-state index in [1.165, 1.54) is 12.1 Å². The summed E-state index contributed by atoms with van der Waals surface area (Å²) in [6, 6.07) is 5.80. The predicted octanol–water partition coefficient (Wildman–Crippen LogP) is 3.08. The molecule has 0 aromatic heterocycles. The topological polar surface area (TPSA) is 41.5 Å². The van der Waals surface area contributed by atoms with Gasteiger partial charge in [0.2, 0.25) is 0 Å². The van der Waals surface area contributed by atoms with Crippen molar-refractivity contribution >= 4 is 0 Å². The van der Waals surface area contributed by atoms with E-state index < -0.39 is 6.36 Å². The molecule has 1 aromatic carbocycles. The molecular formula is C14H20F3NO2. The molecule has 0 saturated heterocycles. The first-order chi connectivity index (χ1) is 9.44. The number of hydrogen-bond acceptors (Lipinski definition) is 3. The summed E-state index contributed by atoms with van der Waals surface area (Å²) < 4.78 is 39.8. The first-order valence-electron chi connectivity index (χ1n) is 6.61. The highest BCUT2D eigenvalue weighted by molar-refractivity contribution is 5.27. The van der Waals surface area contributed by atoms with Crippen LogP contribution in [0.4, 0.5) is 13.2 Å². The van der Waals surface area contributed by atoms with Crippen molar-refractivity contribution in [3.05, 3.63) is 29.8 Å². The van der Waals surface area contributed by atoms with Gasteiger partial charge in [-0.05, 0) is 36.6 Å². The third kappa shape index (κ3) is 6.77. The van der Waals surface area contributed by atoms with Gasteiger partial charge in [0.05, 0.1) is 0 Å². The second-order valence-electron chi connectivity index (χ2n) is 4.61. The molecule has 0 fully saturated rings. The molecule has 2 N–H and O–H groups in total. The standard InChI is InChI=1S/C14H20F3NO2/c1-2-11(7-8-19)9-18-10-12-3-5-13(6-4-12)20-14(15,16)17/h3-6,11,18-19H,2,7-10H2,1H3. The molecule has 0 heterocycles. The number of aliphatic hydroxyl groups is 1. The van der Waals surface area contributed by atoms with E-state index in [9.17, 15) is 13.2 Å². The van der Waals surface area contributed by atoms with Gasteiger partial charge in [-0.15, -0.1) is 13.2 Å². The van der Waals surface area contributed by atoms with Crippen molar-refractivity contribution in [2.75, 3.05) is 13.2 Å². The summed E-state index contributed by atoms with van der Waals surface area (Å²) in [5, 5.41) is 12.1. The Labute approximate surface area is 116 Å². The molecule has 0 amide bonds. The predicted molar refractivity (Wildman–Crippen MR) is 70.3 cm³/mol. The Morgan fingerprint density at radius 3 is 2.40 bits per heavy atom. The minimum atomic E-state index is -4.65. The van der Waals surface area contributed by atoms with Crippen molar-refractivity contribution in [1.29, 1.82) is 0 Å². The van der Waals surface area contributed by atoms with Gasteiger partial charge in [0.1, 0.15) is 5.75 Å². The summed E-state index contributed by atoms with van der Waals surface area (Å²) in [7, 11) is 0. The Bertz CT molecular complexity index is 379. The zero-order valence-corrected chi connectivity index (χ0v) is 11.4. The number of ether oxygens (including phenoxy) is 1. The Balaban J connectivity index is 2.38. The molecule has 1 atom stereocenters. The largest absolute Gasteiger partial charge is 0.573 e. The summed E-state index contributed by atoms with van der Waals surface area (Å²) in [4.78, 5) is 0. The number of benzene rings is 1. The lowest BCUT2D eigenvalue weighted by atomic mass is 10.0. The van der Waals surface area contributed by atoms with Gasteiger partial charge in [-0.1, -0.05) is 25.5 Å². The van der Waals surface area contributed by atoms with Crippen LogP contribution in [0, 0.1) is 5.92 Å². The van der Waals surface area contributed by atoms with Crippen LogP contribution < -0.4 is 10.1 Å². The van der Waals surface area contributed by atoms with E-state index in [0.717, 1.165) is 24.9 Å². The Kier molecular flexibility index (Phi) is 6.81. The zero-order chi connectivity index (χ0) is 15.0. The van der Waals surface area contributed by atoms with Crippen molar-refractivity contribution in [2.45, 2.75) is 32.7 Å². The van der Waals surface area contributed by atoms with Gasteiger partial charge < -0.3 is 15.2 Å². The van der Waals surface area contributed by atoms with Crippen LogP contribution in [0.1, 0.15) is 25.3 Å². The quantitative estimate of drug-likeness (QED) is 0.773. The maximum absolute atomic E-state index is 12.0. The smallest absolute Gasteiger partial charge is 0.406 e. The molecule has 1 rings (SSSR count). The van der Waals surface area contributed by atoms with Gasteiger partial charge in [0.15, 0.2) is 0 Å². The maximum Gasteiger partial charge on any atom is 0.573 e. The molecule has 6 heteroatoms. The monoisotopic (exact) mass is 291 g/mol. The van der Waals surface area contributed by atoms with Crippen LogP contribution >= 0.6 is 0 Å². The Hall–Kier alpha value is -1.27. The lowest BCUT2D eigenvalue weighted by Crippen LogP contribution is -2.23. The number of hydrogen-bond donors (Lipinski definition) is 2. The van der Waals surface area contributed by atoms with Gasteiger partial charge in [-0.25, -0.2) is 0 Å². The number of halogens is 3. The molecule has 0 bridgehead atoms. The van der Waals surface area contributed by atoms with Crippen molar-refractivity contribution in [1.82, 2.24) is 5.32 Å². The van der Waals surface area contributed by atoms with E-state index in [1.54, 1.807) is 12.1 Å². The van der Waals surface area contributed by atoms with Gasteiger partial charge in [0, 0.05) is 13.2 Å². The van der Waals surface area contributed by atoms with E-state index in [0.29, 0.717) is 12.5 Å². The van der Waals surface area contributed by atoms with E-state index in [2.05, 4.69) is 17.0 Å². The normalized spacial score (nSPS) is 13.2. The van der Waals surface area contributed by atoms with E-state index in [-0.39, 0.29) is 12.4 Å². The fraction of sp³-hybridized carbons (Fsp3) is 0.571. The van der Waals surface area contributed by atoms with Crippen molar-refractivity contribution in [2.24, 2.45) is 5.92 Å². The van der Waals surface area contributed by atoms with Gasteiger partial charge in [-0.3, -0.25) is 0 Å². The average molecular weight is 291 g/mol. The van der Waals surface area contributed by atoms with Crippen LogP contribution in [0.3, 0.4) is 0 Å². The molecule has 1 unspecified atom stereocenters. The van der Waals surface area contributed by atoms with Crippen LogP contribution in [0.15, 0.2) is 24.3 Å². The summed E-state index contributed by atoms with van der Waals surface area (Å²) in [5.41, 5.74) is 0.887. The molecule has 0 radical (unpaired) electrons. The number of aliphatic hydroxyl groups excluding tert-OH is 1. The Morgan fingerprint density at radius 2 is 1.90 bits per heavy atom. The summed E-state index contributed by atoms with van der Waals surface area (Å²) in [5.74, 6) is 0.195. The zero-order valence-electron chi connectivity index (χ0n) is 11.4. The molecule has 0 saturated carbocycles. The highest BCUT2D eigenvalue weighted by Gasteiger charge is 2.30. The van der Waals surface area contributed by atoms with Crippen molar-refractivity contribution in [3.8, 4) is 5.75 Å². The molecule has 1 aromatic rings. The highest BCUT2D eigenvalue weighted by Crippen LogP contribution is 2.22. The number of nitrogens with one attached hydrogen (secondary N) is 1. The summed E-state index contributed by atoms with van der Waals surface area (Å²) in [6.07, 6.45) is -2.92. The van der Waals surface area contributed by atoms with E-state index >= 15 is 0 Å². The fourth-order valence-electron chi connectivity index (χ4n) is 1.86. The number of alkyl halides is 3. The van der Waals surface area contributed by atoms with Gasteiger partial charge in [0.25, 0.3) is 0 Å². The third-order valence-corrected chi connectivity index (χ3v) is 3.03. The molecule has 0 aliphatic heterocycles. The number of rotatable bonds is 8. The van der Waals surface area contributed by atoms with Gasteiger partial charge >= 0.3 is 6.36 Å². The van der Waals surface area contributed by atoms with Crippen LogP contribution in [-0.2, 0) is 6.54 Å². The van der Waals surface area contributed by atoms with Crippen molar-refractivity contribution < 1.29 is 23.0 Å². The molecule has 20 heavy (non-hydrogen) atoms. The third-order valence-electron chi connectivity index (χ3n) is 3.03. The SMILES string of the molecule is CCC(CCO)CNCc1ccc(OC(F)(F)F)cc1.